The number of para-hydroxylation sites is 1. The summed E-state index contributed by atoms with van der Waals surface area (Å²) in [6.07, 6.45) is 5.36. The van der Waals surface area contributed by atoms with Gasteiger partial charge in [0.25, 0.3) is 0 Å². The van der Waals surface area contributed by atoms with Crippen LogP contribution in [0.2, 0.25) is 0 Å². The van der Waals surface area contributed by atoms with Crippen molar-refractivity contribution in [3.8, 4) is 0 Å². The van der Waals surface area contributed by atoms with Crippen molar-refractivity contribution in [1.82, 2.24) is 14.9 Å². The summed E-state index contributed by atoms with van der Waals surface area (Å²) in [6.45, 7) is 5.35. The highest BCUT2D eigenvalue weighted by atomic mass is 16.6. The lowest BCUT2D eigenvalue weighted by Gasteiger charge is -2.38. The average molecular weight is 431 g/mol. The molecule has 1 aromatic heterocycles. The molecule has 2 heterocycles. The van der Waals surface area contributed by atoms with Crippen molar-refractivity contribution in [3.05, 3.63) is 83.9 Å². The minimum Gasteiger partial charge on any atom is -0.445 e. The largest absolute Gasteiger partial charge is 0.445 e. The fraction of sp³-hybridized carbons (Fsp3) is 0.385. The molecule has 2 fully saturated rings. The van der Waals surface area contributed by atoms with Crippen LogP contribution in [-0.4, -0.2) is 40.2 Å². The molecular formula is C26H30N4O2. The number of amides is 1. The number of nitrogens with one attached hydrogen (secondary N) is 1. The first-order valence-corrected chi connectivity index (χ1v) is 11.4. The minimum atomic E-state index is -0.271. The van der Waals surface area contributed by atoms with Gasteiger partial charge in [0, 0.05) is 37.7 Å². The number of hydrogen-bond donors (Lipinski definition) is 1. The number of anilines is 1. The smallest absolute Gasteiger partial charge is 0.414 e. The van der Waals surface area contributed by atoms with Crippen LogP contribution in [0.15, 0.2) is 67.1 Å². The molecule has 0 spiro atoms. The molecule has 2 bridgehead atoms. The molecule has 166 valence electrons. The van der Waals surface area contributed by atoms with Crippen LogP contribution in [0.1, 0.15) is 29.7 Å². The van der Waals surface area contributed by atoms with Gasteiger partial charge in [-0.1, -0.05) is 48.5 Å². The summed E-state index contributed by atoms with van der Waals surface area (Å²) >= 11 is 0. The number of carbonyl (C=O) groups excluding carboxylic acids is 1. The van der Waals surface area contributed by atoms with Gasteiger partial charge in [-0.15, -0.1) is 0 Å². The molecular weight excluding hydrogens is 400 g/mol. The van der Waals surface area contributed by atoms with Crippen molar-refractivity contribution in [3.63, 3.8) is 0 Å². The molecule has 1 aliphatic carbocycles. The molecule has 1 N–H and O–H groups in total. The van der Waals surface area contributed by atoms with Gasteiger partial charge >= 0.3 is 6.09 Å². The van der Waals surface area contributed by atoms with Gasteiger partial charge in [0.1, 0.15) is 6.10 Å². The first-order valence-electron chi connectivity index (χ1n) is 11.4. The Morgan fingerprint density at radius 1 is 1.09 bits per heavy atom. The summed E-state index contributed by atoms with van der Waals surface area (Å²) in [7, 11) is 0. The van der Waals surface area contributed by atoms with Gasteiger partial charge in [-0.05, 0) is 37.0 Å². The number of benzene rings is 2. The summed E-state index contributed by atoms with van der Waals surface area (Å²) in [6, 6.07) is 18.6. The highest BCUT2D eigenvalue weighted by Gasteiger charge is 2.45. The maximum atomic E-state index is 13.4. The third kappa shape index (κ3) is 4.41. The topological polar surface area (TPSA) is 61.5 Å². The van der Waals surface area contributed by atoms with E-state index in [1.54, 1.807) is 17.4 Å². The molecule has 0 radical (unpaired) electrons. The van der Waals surface area contributed by atoms with Gasteiger partial charge in [0.2, 0.25) is 0 Å². The van der Waals surface area contributed by atoms with Gasteiger partial charge in [0.05, 0.1) is 24.3 Å². The van der Waals surface area contributed by atoms with Crippen LogP contribution in [-0.2, 0) is 17.8 Å². The normalized spacial score (nSPS) is 22.6. The number of aromatic nitrogens is 2. The van der Waals surface area contributed by atoms with Crippen LogP contribution >= 0.6 is 0 Å². The SMILES string of the molecule is Cc1ccccc1N(Cc1cnc[nH]1)C(=O)OC1C2CCC1CN(Cc1ccccc1)C2. The number of H-pyrrole nitrogens is 1. The molecule has 2 unspecified atom stereocenters. The Hall–Kier alpha value is -3.12. The predicted octanol–water partition coefficient (Wildman–Crippen LogP) is 4.77. The van der Waals surface area contributed by atoms with Crippen molar-refractivity contribution in [2.24, 2.45) is 11.8 Å². The monoisotopic (exact) mass is 430 g/mol. The van der Waals surface area contributed by atoms with E-state index >= 15 is 0 Å². The number of fused-ring (bicyclic) bond motifs is 2. The number of aryl methyl sites for hydroxylation is 1. The third-order valence-electron chi connectivity index (χ3n) is 6.82. The molecule has 1 aliphatic heterocycles. The number of likely N-dealkylation sites (tertiary alicyclic amines) is 1. The molecule has 6 heteroatoms. The second-order valence-corrected chi connectivity index (χ2v) is 9.08. The second kappa shape index (κ2) is 9.17. The summed E-state index contributed by atoms with van der Waals surface area (Å²) in [5, 5.41) is 0. The standard InChI is InChI=1S/C26H30N4O2/c1-19-7-5-6-10-24(19)30(17-23-13-27-18-28-23)26(31)32-25-21-11-12-22(25)16-29(15-21)14-20-8-3-2-4-9-20/h2-10,13,18,21-22,25H,11-12,14-17H2,1H3,(H,27,28). The van der Waals surface area contributed by atoms with E-state index in [1.807, 2.05) is 31.2 Å². The molecule has 2 aliphatic rings. The first-order chi connectivity index (χ1) is 15.7. The number of nitrogens with zero attached hydrogens (tertiary/aromatic N) is 3. The van der Waals surface area contributed by atoms with Gasteiger partial charge in [-0.2, -0.15) is 0 Å². The van der Waals surface area contributed by atoms with E-state index in [-0.39, 0.29) is 12.2 Å². The van der Waals surface area contributed by atoms with Crippen molar-refractivity contribution >= 4 is 11.8 Å². The Kier molecular flexibility index (Phi) is 5.95. The third-order valence-corrected chi connectivity index (χ3v) is 6.82. The van der Waals surface area contributed by atoms with Crippen molar-refractivity contribution in [1.29, 1.82) is 0 Å². The Bertz CT molecular complexity index is 1020. The Balaban J connectivity index is 1.29. The lowest BCUT2D eigenvalue weighted by Crippen LogP contribution is -2.47. The zero-order valence-electron chi connectivity index (χ0n) is 18.5. The predicted molar refractivity (Wildman–Crippen MR) is 124 cm³/mol. The number of piperidine rings is 1. The highest BCUT2D eigenvalue weighted by Crippen LogP contribution is 2.40. The van der Waals surface area contributed by atoms with Crippen LogP contribution < -0.4 is 4.90 Å². The van der Waals surface area contributed by atoms with Gasteiger partial charge < -0.3 is 9.72 Å². The van der Waals surface area contributed by atoms with Crippen LogP contribution in [0.25, 0.3) is 0 Å². The Morgan fingerprint density at radius 3 is 2.50 bits per heavy atom. The lowest BCUT2D eigenvalue weighted by molar-refractivity contribution is -0.000105. The number of carbonyl (C=O) groups is 1. The van der Waals surface area contributed by atoms with Gasteiger partial charge in [0.15, 0.2) is 0 Å². The Morgan fingerprint density at radius 2 is 1.81 bits per heavy atom. The second-order valence-electron chi connectivity index (χ2n) is 9.08. The average Bonchev–Trinajstić information content (AvgIpc) is 3.39. The number of rotatable bonds is 6. The first kappa shape index (κ1) is 20.8. The van der Waals surface area contributed by atoms with Crippen LogP contribution in [0.5, 0.6) is 0 Å². The molecule has 1 saturated carbocycles. The quantitative estimate of drug-likeness (QED) is 0.612. The van der Waals surface area contributed by atoms with Crippen molar-refractivity contribution in [2.75, 3.05) is 18.0 Å². The minimum absolute atomic E-state index is 0.0113. The van der Waals surface area contributed by atoms with E-state index < -0.39 is 0 Å². The van der Waals surface area contributed by atoms with E-state index in [9.17, 15) is 4.79 Å². The summed E-state index contributed by atoms with van der Waals surface area (Å²) < 4.78 is 6.22. The maximum absolute atomic E-state index is 13.4. The fourth-order valence-corrected chi connectivity index (χ4v) is 5.27. The number of imidazole rings is 1. The van der Waals surface area contributed by atoms with E-state index in [0.29, 0.717) is 18.4 Å². The number of hydrogen-bond acceptors (Lipinski definition) is 4. The maximum Gasteiger partial charge on any atom is 0.414 e. The molecule has 2 atom stereocenters. The van der Waals surface area contributed by atoms with E-state index in [4.69, 9.17) is 4.74 Å². The van der Waals surface area contributed by atoms with Gasteiger partial charge in [-0.3, -0.25) is 9.80 Å². The highest BCUT2D eigenvalue weighted by molar-refractivity contribution is 5.88. The zero-order valence-corrected chi connectivity index (χ0v) is 18.5. The summed E-state index contributed by atoms with van der Waals surface area (Å²) in [5.41, 5.74) is 4.14. The van der Waals surface area contributed by atoms with Gasteiger partial charge in [-0.25, -0.2) is 9.78 Å². The lowest BCUT2D eigenvalue weighted by atomic mass is 9.94. The van der Waals surface area contributed by atoms with Crippen LogP contribution in [0.3, 0.4) is 0 Å². The Labute approximate surface area is 189 Å². The van der Waals surface area contributed by atoms with Crippen molar-refractivity contribution < 1.29 is 9.53 Å². The van der Waals surface area contributed by atoms with Crippen LogP contribution in [0.4, 0.5) is 10.5 Å². The van der Waals surface area contributed by atoms with E-state index in [0.717, 1.165) is 49.4 Å². The van der Waals surface area contributed by atoms with E-state index in [2.05, 4.69) is 45.2 Å². The van der Waals surface area contributed by atoms with E-state index in [1.165, 1.54) is 5.56 Å². The summed E-state index contributed by atoms with van der Waals surface area (Å²) in [4.78, 5) is 24.9. The molecule has 1 amide bonds. The molecule has 6 nitrogen and oxygen atoms in total. The summed E-state index contributed by atoms with van der Waals surface area (Å²) in [5.74, 6) is 0.791. The number of aromatic amines is 1. The molecule has 1 saturated heterocycles. The number of ether oxygens (including phenoxy) is 1. The molecule has 32 heavy (non-hydrogen) atoms. The van der Waals surface area contributed by atoms with Crippen molar-refractivity contribution in [2.45, 2.75) is 39.0 Å². The zero-order chi connectivity index (χ0) is 21.9. The molecule has 5 rings (SSSR count). The molecule has 3 aromatic rings. The molecule has 2 aromatic carbocycles. The fourth-order valence-electron chi connectivity index (χ4n) is 5.27. The van der Waals surface area contributed by atoms with Crippen LogP contribution in [0, 0.1) is 18.8 Å².